The molecular formula is C37H45ClF3N5O9S. The number of nitrogens with zero attached hydrogens (tertiary/aromatic N) is 2. The van der Waals surface area contributed by atoms with Gasteiger partial charge in [0.1, 0.15) is 29.5 Å². The lowest BCUT2D eigenvalue weighted by atomic mass is 9.93. The maximum Gasteiger partial charge on any atom is 0.427 e. The van der Waals surface area contributed by atoms with Crippen LogP contribution in [0.25, 0.3) is 10.8 Å². The Hall–Kier alpha value is -4.32. The highest BCUT2D eigenvalue weighted by Gasteiger charge is 2.64. The zero-order valence-electron chi connectivity index (χ0n) is 31.3. The second-order valence-electron chi connectivity index (χ2n) is 15.5. The maximum absolute atomic E-state index is 14.6. The van der Waals surface area contributed by atoms with E-state index in [1.54, 1.807) is 37.3 Å². The van der Waals surface area contributed by atoms with Crippen LogP contribution in [0.1, 0.15) is 72.1 Å². The largest absolute Gasteiger partial charge is 0.494 e. The van der Waals surface area contributed by atoms with E-state index in [1.165, 1.54) is 13.3 Å². The molecule has 14 nitrogen and oxygen atoms in total. The maximum atomic E-state index is 14.6. The predicted molar refractivity (Wildman–Crippen MR) is 197 cm³/mol. The number of nitrogens with one attached hydrogen (secondary N) is 3. The first-order valence-corrected chi connectivity index (χ1v) is 20.3. The summed E-state index contributed by atoms with van der Waals surface area (Å²) in [5.74, 6) is -3.14. The van der Waals surface area contributed by atoms with Gasteiger partial charge in [0.2, 0.25) is 23.3 Å². The summed E-state index contributed by atoms with van der Waals surface area (Å²) in [6.45, 7) is 2.80. The van der Waals surface area contributed by atoms with Crippen molar-refractivity contribution in [3.8, 4) is 11.6 Å². The van der Waals surface area contributed by atoms with Crippen LogP contribution in [0.5, 0.6) is 11.6 Å². The molecule has 2 saturated carbocycles. The molecular weight excluding hydrogens is 783 g/mol. The molecule has 3 N–H and O–H groups in total. The minimum atomic E-state index is -4.91. The molecule has 1 aromatic heterocycles. The number of alkyl carbamates (subject to hydrolysis) is 1. The monoisotopic (exact) mass is 827 g/mol. The zero-order chi connectivity index (χ0) is 40.8. The third-order valence-electron chi connectivity index (χ3n) is 11.0. The van der Waals surface area contributed by atoms with E-state index >= 15 is 0 Å². The van der Waals surface area contributed by atoms with E-state index in [1.807, 2.05) is 6.08 Å². The van der Waals surface area contributed by atoms with Gasteiger partial charge in [0, 0.05) is 23.1 Å². The van der Waals surface area contributed by atoms with Gasteiger partial charge in [-0.05, 0) is 64.4 Å². The molecule has 3 fully saturated rings. The van der Waals surface area contributed by atoms with Gasteiger partial charge in [0.25, 0.3) is 15.9 Å². The third kappa shape index (κ3) is 8.22. The summed E-state index contributed by atoms with van der Waals surface area (Å²) in [6.07, 6.45) is 0.0499. The standard InChI is InChI=1S/C37H45ClF3N5O9S/c1-21-11-7-5-6-8-12-22-18-36(22,32(49)45-56(51,52)35(38)15-16-35)44-29(47)26-17-23(54-30-25-14-10-9-13-24(25)27(53-4)19-42-30)20-46(26)31(48)28(21)43-33(50)55-34(2,3)37(39,40)41/h8-10,12-14,19,21-23,26,28H,5-7,11,15-18,20H2,1-4H3,(H,43,50)(H,44,47)(H,45,49)/b12-8-/t21-,22-,23-,26+,28+,36-/m1/s1. The molecule has 6 rings (SSSR count). The predicted octanol–water partition coefficient (Wildman–Crippen LogP) is 4.84. The van der Waals surface area contributed by atoms with E-state index in [9.17, 15) is 40.8 Å². The molecule has 6 atom stereocenters. The summed E-state index contributed by atoms with van der Waals surface area (Å²) in [6, 6.07) is 4.35. The summed E-state index contributed by atoms with van der Waals surface area (Å²) < 4.78 is 84.0. The van der Waals surface area contributed by atoms with Gasteiger partial charge in [-0.15, -0.1) is 0 Å². The molecule has 4 aliphatic rings. The molecule has 2 aliphatic carbocycles. The molecule has 3 heterocycles. The van der Waals surface area contributed by atoms with Gasteiger partial charge >= 0.3 is 12.3 Å². The Morgan fingerprint density at radius 2 is 1.80 bits per heavy atom. The number of fused-ring (bicyclic) bond motifs is 3. The van der Waals surface area contributed by atoms with Crippen molar-refractivity contribution in [2.75, 3.05) is 13.7 Å². The number of pyridine rings is 1. The van der Waals surface area contributed by atoms with Crippen LogP contribution in [0, 0.1) is 11.8 Å². The number of alkyl halides is 4. The Labute approximate surface area is 327 Å². The molecule has 56 heavy (non-hydrogen) atoms. The third-order valence-corrected chi connectivity index (χ3v) is 13.8. The van der Waals surface area contributed by atoms with Crippen molar-refractivity contribution < 1.29 is 55.0 Å². The van der Waals surface area contributed by atoms with Crippen LogP contribution < -0.4 is 24.8 Å². The fraction of sp³-hybridized carbons (Fsp3) is 0.595. The smallest absolute Gasteiger partial charge is 0.427 e. The SMILES string of the molecule is COc1cnc(O[C@@H]2C[C@H]3C(=O)N[C@]4(C(=O)NS(=O)(=O)C5(Cl)CC5)C[C@H]4/C=C\CCCC[C@@H](C)[C@H](NC(=O)OC(C)(C)C(F)(F)F)C(=O)N3C2)c2ccccc12. The van der Waals surface area contributed by atoms with Crippen LogP contribution in [-0.4, -0.2) is 95.5 Å². The van der Waals surface area contributed by atoms with E-state index in [2.05, 4.69) is 20.3 Å². The Bertz CT molecular complexity index is 2030. The van der Waals surface area contributed by atoms with E-state index < -0.39 is 85.4 Å². The summed E-state index contributed by atoms with van der Waals surface area (Å²) in [5.41, 5.74) is -4.58. The molecule has 0 bridgehead atoms. The van der Waals surface area contributed by atoms with Crippen molar-refractivity contribution in [3.63, 3.8) is 0 Å². The van der Waals surface area contributed by atoms with E-state index in [-0.39, 0.29) is 38.1 Å². The Kier molecular flexibility index (Phi) is 11.2. The van der Waals surface area contributed by atoms with Crippen molar-refractivity contribution in [1.29, 1.82) is 0 Å². The Morgan fingerprint density at radius 3 is 2.46 bits per heavy atom. The number of hydrogen-bond acceptors (Lipinski definition) is 10. The number of methoxy groups -OCH3 is 1. The summed E-state index contributed by atoms with van der Waals surface area (Å²) in [4.78, 5) is 61.4. The number of benzene rings is 1. The van der Waals surface area contributed by atoms with E-state index in [0.29, 0.717) is 56.1 Å². The Balaban J connectivity index is 1.34. The summed E-state index contributed by atoms with van der Waals surface area (Å²) >= 11 is 6.18. The number of carbonyl (C=O) groups excluding carboxylic acids is 4. The number of ether oxygens (including phenoxy) is 3. The van der Waals surface area contributed by atoms with Crippen LogP contribution >= 0.6 is 11.6 Å². The number of sulfonamides is 1. The summed E-state index contributed by atoms with van der Waals surface area (Å²) in [7, 11) is -2.81. The Morgan fingerprint density at radius 1 is 1.11 bits per heavy atom. The molecule has 1 saturated heterocycles. The van der Waals surface area contributed by atoms with Crippen molar-refractivity contribution in [1.82, 2.24) is 25.2 Å². The highest BCUT2D eigenvalue weighted by Crippen LogP contribution is 2.49. The quantitative estimate of drug-likeness (QED) is 0.246. The van der Waals surface area contributed by atoms with Crippen LogP contribution in [0.15, 0.2) is 42.6 Å². The van der Waals surface area contributed by atoms with Crippen molar-refractivity contribution >= 4 is 56.2 Å². The number of carbonyl (C=O) groups is 4. The van der Waals surface area contributed by atoms with Gasteiger partial charge < -0.3 is 29.7 Å². The molecule has 4 amide bonds. The number of amides is 4. The van der Waals surface area contributed by atoms with Gasteiger partial charge in [0.15, 0.2) is 4.21 Å². The number of halogens is 4. The van der Waals surface area contributed by atoms with Gasteiger partial charge in [0.05, 0.1) is 19.9 Å². The van der Waals surface area contributed by atoms with Gasteiger partial charge in [-0.25, -0.2) is 22.9 Å². The van der Waals surface area contributed by atoms with Gasteiger partial charge in [-0.3, -0.25) is 14.4 Å². The lowest BCUT2D eigenvalue weighted by Gasteiger charge is -2.33. The lowest BCUT2D eigenvalue weighted by Crippen LogP contribution is -2.59. The second-order valence-corrected chi connectivity index (χ2v) is 18.4. The molecule has 1 aromatic carbocycles. The number of aromatic nitrogens is 1. The van der Waals surface area contributed by atoms with Gasteiger partial charge in [-0.2, -0.15) is 13.2 Å². The topological polar surface area (TPSA) is 182 Å². The lowest BCUT2D eigenvalue weighted by molar-refractivity contribution is -0.244. The minimum absolute atomic E-state index is 0.0658. The van der Waals surface area contributed by atoms with Gasteiger partial charge in [-0.1, -0.05) is 55.3 Å². The molecule has 2 aliphatic heterocycles. The molecule has 19 heteroatoms. The molecule has 306 valence electrons. The second kappa shape index (κ2) is 15.2. The number of allylic oxidation sites excluding steroid dienone is 1. The highest BCUT2D eigenvalue weighted by molar-refractivity contribution is 7.93. The first-order chi connectivity index (χ1) is 26.2. The molecule has 2 aromatic rings. The van der Waals surface area contributed by atoms with E-state index in [0.717, 1.165) is 4.90 Å². The van der Waals surface area contributed by atoms with Crippen molar-refractivity contribution in [2.45, 2.75) is 112 Å². The van der Waals surface area contributed by atoms with E-state index in [4.69, 9.17) is 25.8 Å². The zero-order valence-corrected chi connectivity index (χ0v) is 32.9. The average molecular weight is 828 g/mol. The fourth-order valence-electron chi connectivity index (χ4n) is 7.11. The normalized spacial score (nSPS) is 28.7. The van der Waals surface area contributed by atoms with Crippen LogP contribution in [-0.2, 0) is 29.1 Å². The molecule has 0 unspecified atom stereocenters. The van der Waals surface area contributed by atoms with Crippen LogP contribution in [0.4, 0.5) is 18.0 Å². The molecule has 0 radical (unpaired) electrons. The number of hydrogen-bond donors (Lipinski definition) is 3. The number of rotatable bonds is 8. The van der Waals surface area contributed by atoms with Crippen molar-refractivity contribution in [3.05, 3.63) is 42.6 Å². The highest BCUT2D eigenvalue weighted by atomic mass is 35.5. The van der Waals surface area contributed by atoms with Crippen LogP contribution in [0.3, 0.4) is 0 Å². The minimum Gasteiger partial charge on any atom is -0.494 e. The first-order valence-electron chi connectivity index (χ1n) is 18.4. The van der Waals surface area contributed by atoms with Crippen LogP contribution in [0.2, 0.25) is 0 Å². The average Bonchev–Trinajstić information content (AvgIpc) is 4.01. The molecule has 0 spiro atoms. The fourth-order valence-corrected chi connectivity index (χ4v) is 8.57. The summed E-state index contributed by atoms with van der Waals surface area (Å²) in [5, 5.41) is 6.34. The first kappa shape index (κ1) is 41.3. The van der Waals surface area contributed by atoms with Crippen molar-refractivity contribution in [2.24, 2.45) is 11.8 Å².